The van der Waals surface area contributed by atoms with E-state index in [9.17, 15) is 0 Å². The van der Waals surface area contributed by atoms with Crippen molar-refractivity contribution in [1.29, 1.82) is 0 Å². The van der Waals surface area contributed by atoms with E-state index in [0.717, 1.165) is 23.1 Å². The van der Waals surface area contributed by atoms with Crippen LogP contribution in [0.5, 0.6) is 0 Å². The Labute approximate surface area is 139 Å². The van der Waals surface area contributed by atoms with Gasteiger partial charge in [-0.3, -0.25) is 4.68 Å². The molecule has 0 aliphatic rings. The van der Waals surface area contributed by atoms with E-state index in [1.165, 1.54) is 16.3 Å². The number of thioether (sulfide) groups is 1. The van der Waals surface area contributed by atoms with Crippen molar-refractivity contribution in [2.75, 3.05) is 12.8 Å². The van der Waals surface area contributed by atoms with Crippen molar-refractivity contribution in [3.63, 3.8) is 0 Å². The Morgan fingerprint density at radius 2 is 2.19 bits per heavy atom. The van der Waals surface area contributed by atoms with Gasteiger partial charge in [-0.15, -0.1) is 11.8 Å². The third-order valence-electron chi connectivity index (χ3n) is 3.50. The second-order valence-corrected chi connectivity index (χ2v) is 7.07. The fraction of sp³-hybridized carbons (Fsp3) is 0.438. The molecule has 0 amide bonds. The van der Waals surface area contributed by atoms with Gasteiger partial charge in [-0.2, -0.15) is 5.10 Å². The molecule has 0 fully saturated rings. The Hall–Kier alpha value is -0.780. The topological polar surface area (TPSA) is 29.9 Å². The highest BCUT2D eigenvalue weighted by molar-refractivity contribution is 9.10. The van der Waals surface area contributed by atoms with Gasteiger partial charge < -0.3 is 5.32 Å². The molecule has 3 nitrogen and oxygen atoms in total. The van der Waals surface area contributed by atoms with Crippen molar-refractivity contribution < 1.29 is 0 Å². The first-order chi connectivity index (χ1) is 10.1. The molecule has 0 saturated heterocycles. The fourth-order valence-corrected chi connectivity index (χ4v) is 3.80. The zero-order valence-corrected chi connectivity index (χ0v) is 15.2. The van der Waals surface area contributed by atoms with Gasteiger partial charge in [0, 0.05) is 40.3 Å². The monoisotopic (exact) mass is 367 g/mol. The standard InChI is InChI=1S/C16H22BrN3S/c1-4-13-9-15(20(3)19-13)10-14(18-2)11-21-16-7-5-6-12(17)8-16/h5-9,14,18H,4,10-11H2,1-3H3. The van der Waals surface area contributed by atoms with E-state index in [1.54, 1.807) is 0 Å². The largest absolute Gasteiger partial charge is 0.316 e. The minimum Gasteiger partial charge on any atom is -0.316 e. The SMILES string of the molecule is CCc1cc(CC(CSc2cccc(Br)c2)NC)n(C)n1. The van der Waals surface area contributed by atoms with Crippen LogP contribution in [0.15, 0.2) is 39.7 Å². The molecule has 1 unspecified atom stereocenters. The average molecular weight is 368 g/mol. The third-order valence-corrected chi connectivity index (χ3v) is 5.15. The van der Waals surface area contributed by atoms with Crippen LogP contribution in [0.3, 0.4) is 0 Å². The van der Waals surface area contributed by atoms with Crippen molar-refractivity contribution >= 4 is 27.7 Å². The Kier molecular flexibility index (Phi) is 6.33. The maximum atomic E-state index is 4.52. The Morgan fingerprint density at radius 3 is 2.81 bits per heavy atom. The minimum atomic E-state index is 0.439. The Morgan fingerprint density at radius 1 is 1.38 bits per heavy atom. The maximum Gasteiger partial charge on any atom is 0.0624 e. The van der Waals surface area contributed by atoms with E-state index in [1.807, 2.05) is 30.5 Å². The second-order valence-electron chi connectivity index (χ2n) is 5.06. The number of nitrogens with zero attached hydrogens (tertiary/aromatic N) is 2. The molecule has 0 aliphatic heterocycles. The molecule has 0 radical (unpaired) electrons. The number of likely N-dealkylation sites (N-methyl/N-ethyl adjacent to an activating group) is 1. The predicted molar refractivity (Wildman–Crippen MR) is 94.0 cm³/mol. The number of nitrogens with one attached hydrogen (secondary N) is 1. The first-order valence-corrected chi connectivity index (χ1v) is 8.97. The summed E-state index contributed by atoms with van der Waals surface area (Å²) < 4.78 is 3.14. The van der Waals surface area contributed by atoms with Gasteiger partial charge in [0.25, 0.3) is 0 Å². The fourth-order valence-electron chi connectivity index (χ4n) is 2.19. The number of aryl methyl sites for hydroxylation is 2. The molecule has 1 N–H and O–H groups in total. The zero-order chi connectivity index (χ0) is 15.2. The number of hydrogen-bond donors (Lipinski definition) is 1. The van der Waals surface area contributed by atoms with Gasteiger partial charge in [-0.25, -0.2) is 0 Å². The zero-order valence-electron chi connectivity index (χ0n) is 12.8. The summed E-state index contributed by atoms with van der Waals surface area (Å²) in [6.45, 7) is 2.14. The summed E-state index contributed by atoms with van der Waals surface area (Å²) in [6.07, 6.45) is 1.99. The molecule has 1 atom stereocenters. The number of rotatable bonds is 7. The molecule has 2 aromatic rings. The van der Waals surface area contributed by atoms with Crippen LogP contribution in [-0.4, -0.2) is 28.6 Å². The molecular weight excluding hydrogens is 346 g/mol. The molecule has 0 aliphatic carbocycles. The second kappa shape index (κ2) is 8.01. The van der Waals surface area contributed by atoms with Gasteiger partial charge in [0.2, 0.25) is 0 Å². The van der Waals surface area contributed by atoms with Crippen molar-refractivity contribution in [1.82, 2.24) is 15.1 Å². The highest BCUT2D eigenvalue weighted by Gasteiger charge is 2.12. The highest BCUT2D eigenvalue weighted by atomic mass is 79.9. The van der Waals surface area contributed by atoms with E-state index in [2.05, 4.69) is 63.6 Å². The van der Waals surface area contributed by atoms with Crippen LogP contribution in [0.4, 0.5) is 0 Å². The van der Waals surface area contributed by atoms with Crippen molar-refractivity contribution in [2.45, 2.75) is 30.7 Å². The summed E-state index contributed by atoms with van der Waals surface area (Å²) in [5, 5.41) is 7.94. The molecule has 1 aromatic carbocycles. The minimum absolute atomic E-state index is 0.439. The molecule has 21 heavy (non-hydrogen) atoms. The van der Waals surface area contributed by atoms with Gasteiger partial charge in [-0.05, 0) is 37.7 Å². The van der Waals surface area contributed by atoms with Gasteiger partial charge in [0.15, 0.2) is 0 Å². The molecular formula is C16H22BrN3S. The number of aromatic nitrogens is 2. The molecule has 0 saturated carbocycles. The van der Waals surface area contributed by atoms with Crippen LogP contribution >= 0.6 is 27.7 Å². The molecule has 114 valence electrons. The van der Waals surface area contributed by atoms with E-state index in [0.29, 0.717) is 6.04 Å². The van der Waals surface area contributed by atoms with Crippen LogP contribution in [0.1, 0.15) is 18.3 Å². The van der Waals surface area contributed by atoms with Crippen LogP contribution in [0.25, 0.3) is 0 Å². The van der Waals surface area contributed by atoms with Crippen molar-refractivity contribution in [2.24, 2.45) is 7.05 Å². The summed E-state index contributed by atoms with van der Waals surface area (Å²) >= 11 is 5.40. The van der Waals surface area contributed by atoms with Gasteiger partial charge in [0.1, 0.15) is 0 Å². The van der Waals surface area contributed by atoms with Gasteiger partial charge in [0.05, 0.1) is 5.69 Å². The predicted octanol–water partition coefficient (Wildman–Crippen LogP) is 3.67. The Balaban J connectivity index is 1.95. The highest BCUT2D eigenvalue weighted by Crippen LogP contribution is 2.23. The van der Waals surface area contributed by atoms with Gasteiger partial charge in [-0.1, -0.05) is 28.9 Å². The van der Waals surface area contributed by atoms with E-state index in [-0.39, 0.29) is 0 Å². The summed E-state index contributed by atoms with van der Waals surface area (Å²) in [6, 6.07) is 11.1. The smallest absolute Gasteiger partial charge is 0.0624 e. The normalized spacial score (nSPS) is 12.6. The number of hydrogen-bond acceptors (Lipinski definition) is 3. The quantitative estimate of drug-likeness (QED) is 0.757. The summed E-state index contributed by atoms with van der Waals surface area (Å²) in [4.78, 5) is 1.30. The molecule has 0 spiro atoms. The average Bonchev–Trinajstić information content (AvgIpc) is 2.84. The summed E-state index contributed by atoms with van der Waals surface area (Å²) in [5.41, 5.74) is 2.46. The molecule has 1 heterocycles. The summed E-state index contributed by atoms with van der Waals surface area (Å²) in [5.74, 6) is 1.04. The van der Waals surface area contributed by atoms with Crippen LogP contribution < -0.4 is 5.32 Å². The first kappa shape index (κ1) is 16.6. The van der Waals surface area contributed by atoms with Crippen LogP contribution in [-0.2, 0) is 19.9 Å². The lowest BCUT2D eigenvalue weighted by molar-refractivity contribution is 0.581. The molecule has 1 aromatic heterocycles. The number of halogens is 1. The van der Waals surface area contributed by atoms with Gasteiger partial charge >= 0.3 is 0 Å². The van der Waals surface area contributed by atoms with Crippen LogP contribution in [0, 0.1) is 0 Å². The first-order valence-electron chi connectivity index (χ1n) is 7.19. The Bertz CT molecular complexity index is 583. The molecule has 5 heteroatoms. The summed E-state index contributed by atoms with van der Waals surface area (Å²) in [7, 11) is 4.06. The van der Waals surface area contributed by atoms with E-state index >= 15 is 0 Å². The third kappa shape index (κ3) is 4.87. The van der Waals surface area contributed by atoms with E-state index in [4.69, 9.17) is 0 Å². The molecule has 0 bridgehead atoms. The molecule has 2 rings (SSSR count). The lowest BCUT2D eigenvalue weighted by Gasteiger charge is -2.16. The lowest BCUT2D eigenvalue weighted by Crippen LogP contribution is -2.30. The van der Waals surface area contributed by atoms with E-state index < -0.39 is 0 Å². The number of benzene rings is 1. The van der Waals surface area contributed by atoms with Crippen molar-refractivity contribution in [3.05, 3.63) is 46.2 Å². The maximum absolute atomic E-state index is 4.52. The van der Waals surface area contributed by atoms with Crippen LogP contribution in [0.2, 0.25) is 0 Å². The van der Waals surface area contributed by atoms with Crippen molar-refractivity contribution in [3.8, 4) is 0 Å². The lowest BCUT2D eigenvalue weighted by atomic mass is 10.1.